The largest absolute Gasteiger partial charge is 0.478 e. The van der Waals surface area contributed by atoms with Crippen molar-refractivity contribution in [2.75, 3.05) is 13.2 Å². The van der Waals surface area contributed by atoms with E-state index in [1.807, 2.05) is 18.4 Å². The lowest BCUT2D eigenvalue weighted by Crippen LogP contribution is -2.27. The smallest absolute Gasteiger partial charge is 0.335 e. The van der Waals surface area contributed by atoms with Gasteiger partial charge in [-0.05, 0) is 48.0 Å². The summed E-state index contributed by atoms with van der Waals surface area (Å²) < 4.78 is 84.1. The van der Waals surface area contributed by atoms with Gasteiger partial charge >= 0.3 is 5.97 Å². The molecule has 0 unspecified atom stereocenters. The molecule has 234 valence electrons. The van der Waals surface area contributed by atoms with Crippen LogP contribution in [-0.4, -0.2) is 43.8 Å². The molecule has 1 N–H and O–H groups in total. The second-order valence-electron chi connectivity index (χ2n) is 11.3. The minimum atomic E-state index is -2.71. The van der Waals surface area contributed by atoms with Crippen molar-refractivity contribution < 1.29 is 41.3 Å². The summed E-state index contributed by atoms with van der Waals surface area (Å²) >= 11 is 0.699. The molecule has 0 radical (unpaired) electrons. The summed E-state index contributed by atoms with van der Waals surface area (Å²) in [5.74, 6) is -3.72. The van der Waals surface area contributed by atoms with Gasteiger partial charge in [-0.15, -0.1) is 11.3 Å². The summed E-state index contributed by atoms with van der Waals surface area (Å²) in [6.45, 7) is 4.43. The van der Waals surface area contributed by atoms with Crippen LogP contribution in [-0.2, 0) is 17.8 Å². The number of hydrogen-bond donors (Lipinski definition) is 1. The molecule has 0 aliphatic carbocycles. The molecule has 14 heteroatoms. The number of imidazole rings is 1. The van der Waals surface area contributed by atoms with Crippen LogP contribution in [0.3, 0.4) is 0 Å². The molecule has 5 aromatic rings. The average molecular weight is 645 g/mol. The zero-order chi connectivity index (χ0) is 32.0. The number of aromatic nitrogens is 4. The molecule has 1 aliphatic heterocycles. The van der Waals surface area contributed by atoms with E-state index < -0.39 is 35.7 Å². The van der Waals surface area contributed by atoms with Gasteiger partial charge in [0, 0.05) is 23.6 Å². The SMILES string of the molecule is CC1(C)COC[C@H]1n1c(Cc2cc(F)c(-c3ccc(F)c(OCc4ncc(C(F)F)s4)n3)cc2F)nc2ccc(C(=O)O)cc21. The molecule has 6 rings (SSSR count). The van der Waals surface area contributed by atoms with Crippen LogP contribution < -0.4 is 4.74 Å². The van der Waals surface area contributed by atoms with Crippen molar-refractivity contribution in [2.24, 2.45) is 5.41 Å². The van der Waals surface area contributed by atoms with Crippen molar-refractivity contribution in [3.8, 4) is 17.1 Å². The Morgan fingerprint density at radius 1 is 1.11 bits per heavy atom. The quantitative estimate of drug-likeness (QED) is 0.167. The Morgan fingerprint density at radius 2 is 1.91 bits per heavy atom. The molecule has 45 heavy (non-hydrogen) atoms. The summed E-state index contributed by atoms with van der Waals surface area (Å²) in [6.07, 6.45) is -1.83. The third-order valence-electron chi connectivity index (χ3n) is 7.67. The molecule has 3 aromatic heterocycles. The fourth-order valence-electron chi connectivity index (χ4n) is 5.31. The molecule has 8 nitrogen and oxygen atoms in total. The van der Waals surface area contributed by atoms with E-state index in [4.69, 9.17) is 9.47 Å². The lowest BCUT2D eigenvalue weighted by Gasteiger charge is -2.28. The predicted octanol–water partition coefficient (Wildman–Crippen LogP) is 7.38. The average Bonchev–Trinajstić information content (AvgIpc) is 3.70. The van der Waals surface area contributed by atoms with E-state index in [0.717, 1.165) is 24.4 Å². The van der Waals surface area contributed by atoms with Gasteiger partial charge < -0.3 is 19.1 Å². The van der Waals surface area contributed by atoms with Crippen LogP contribution in [0.5, 0.6) is 5.88 Å². The molecule has 0 amide bonds. The first-order valence-electron chi connectivity index (χ1n) is 13.7. The number of fused-ring (bicyclic) bond motifs is 1. The van der Waals surface area contributed by atoms with Gasteiger partial charge in [0.1, 0.15) is 29.1 Å². The number of carbonyl (C=O) groups is 1. The van der Waals surface area contributed by atoms with Gasteiger partial charge in [0.15, 0.2) is 5.82 Å². The third-order valence-corrected chi connectivity index (χ3v) is 8.64. The summed E-state index contributed by atoms with van der Waals surface area (Å²) in [6, 6.07) is 8.38. The number of alkyl halides is 2. The van der Waals surface area contributed by atoms with Gasteiger partial charge in [0.05, 0.1) is 46.4 Å². The van der Waals surface area contributed by atoms with Crippen molar-refractivity contribution >= 4 is 28.3 Å². The van der Waals surface area contributed by atoms with Crippen LogP contribution in [0.2, 0.25) is 0 Å². The molecular formula is C31H25F5N4O4S. The summed E-state index contributed by atoms with van der Waals surface area (Å²) in [5, 5.41) is 9.72. The highest BCUT2D eigenvalue weighted by atomic mass is 32.1. The Balaban J connectivity index is 1.32. The maximum atomic E-state index is 15.6. The minimum absolute atomic E-state index is 0.0137. The fraction of sp³-hybridized carbons (Fsp3) is 0.290. The number of benzene rings is 2. The predicted molar refractivity (Wildman–Crippen MR) is 154 cm³/mol. The number of nitrogens with zero attached hydrogens (tertiary/aromatic N) is 4. The third kappa shape index (κ3) is 5.99. The molecule has 1 fully saturated rings. The number of rotatable bonds is 9. The van der Waals surface area contributed by atoms with Gasteiger partial charge in [0.25, 0.3) is 12.3 Å². The Kier molecular flexibility index (Phi) is 8.04. The fourth-order valence-corrected chi connectivity index (χ4v) is 6.00. The van der Waals surface area contributed by atoms with E-state index in [1.165, 1.54) is 18.2 Å². The molecule has 4 heterocycles. The van der Waals surface area contributed by atoms with Gasteiger partial charge in [-0.3, -0.25) is 0 Å². The van der Waals surface area contributed by atoms with Crippen molar-refractivity contribution in [1.82, 2.24) is 19.5 Å². The van der Waals surface area contributed by atoms with Gasteiger partial charge in [-0.1, -0.05) is 13.8 Å². The number of carboxylic acids is 1. The minimum Gasteiger partial charge on any atom is -0.478 e. The molecule has 1 aliphatic rings. The van der Waals surface area contributed by atoms with Crippen molar-refractivity contribution in [1.29, 1.82) is 0 Å². The van der Waals surface area contributed by atoms with Crippen molar-refractivity contribution in [3.05, 3.63) is 92.9 Å². The molecule has 0 bridgehead atoms. The number of hydrogen-bond acceptors (Lipinski definition) is 7. The van der Waals surface area contributed by atoms with Crippen LogP contribution >= 0.6 is 11.3 Å². The molecular weight excluding hydrogens is 619 g/mol. The topological polar surface area (TPSA) is 99.4 Å². The van der Waals surface area contributed by atoms with Gasteiger partial charge in [-0.2, -0.15) is 0 Å². The van der Waals surface area contributed by atoms with E-state index in [1.54, 1.807) is 6.07 Å². The number of aromatic carboxylic acids is 1. The maximum Gasteiger partial charge on any atom is 0.335 e. The number of halogens is 5. The number of thiazole rings is 1. The molecule has 1 saturated heterocycles. The van der Waals surface area contributed by atoms with E-state index in [0.29, 0.717) is 41.4 Å². The summed E-state index contributed by atoms with van der Waals surface area (Å²) in [7, 11) is 0. The van der Waals surface area contributed by atoms with Crippen LogP contribution in [0.1, 0.15) is 57.9 Å². The summed E-state index contributed by atoms with van der Waals surface area (Å²) in [4.78, 5) is 23.9. The first-order valence-corrected chi connectivity index (χ1v) is 14.5. The van der Waals surface area contributed by atoms with Gasteiger partial charge in [-0.25, -0.2) is 41.7 Å². The van der Waals surface area contributed by atoms with E-state index in [-0.39, 0.29) is 56.8 Å². The Hall–Kier alpha value is -4.43. The monoisotopic (exact) mass is 644 g/mol. The zero-order valence-electron chi connectivity index (χ0n) is 23.9. The number of pyridine rings is 1. The Labute approximate surface area is 257 Å². The number of ether oxygens (including phenoxy) is 2. The van der Waals surface area contributed by atoms with E-state index in [2.05, 4.69) is 15.0 Å². The molecule has 2 aromatic carbocycles. The summed E-state index contributed by atoms with van der Waals surface area (Å²) in [5.41, 5.74) is 0.376. The number of carboxylic acid groups (broad SMARTS) is 1. The second kappa shape index (κ2) is 11.8. The second-order valence-corrected chi connectivity index (χ2v) is 12.4. The highest BCUT2D eigenvalue weighted by Gasteiger charge is 2.39. The van der Waals surface area contributed by atoms with Crippen LogP contribution in [0.4, 0.5) is 22.0 Å². The van der Waals surface area contributed by atoms with Gasteiger partial charge in [0.2, 0.25) is 0 Å². The Morgan fingerprint density at radius 3 is 2.60 bits per heavy atom. The molecule has 0 saturated carbocycles. The Bertz CT molecular complexity index is 1930. The normalized spacial score (nSPS) is 16.1. The highest BCUT2D eigenvalue weighted by molar-refractivity contribution is 7.11. The lowest BCUT2D eigenvalue weighted by molar-refractivity contribution is 0.0697. The highest BCUT2D eigenvalue weighted by Crippen LogP contribution is 2.41. The van der Waals surface area contributed by atoms with E-state index in [9.17, 15) is 23.1 Å². The first kappa shape index (κ1) is 30.6. The molecule has 1 atom stereocenters. The van der Waals surface area contributed by atoms with Crippen LogP contribution in [0.25, 0.3) is 22.3 Å². The van der Waals surface area contributed by atoms with E-state index >= 15 is 8.78 Å². The first-order chi connectivity index (χ1) is 21.4. The maximum absolute atomic E-state index is 15.6. The van der Waals surface area contributed by atoms with Crippen LogP contribution in [0, 0.1) is 22.9 Å². The van der Waals surface area contributed by atoms with Crippen molar-refractivity contribution in [3.63, 3.8) is 0 Å². The molecule has 0 spiro atoms. The lowest BCUT2D eigenvalue weighted by atomic mass is 9.87. The zero-order valence-corrected chi connectivity index (χ0v) is 24.7. The van der Waals surface area contributed by atoms with Crippen LogP contribution in [0.15, 0.2) is 48.7 Å². The standard InChI is InChI=1S/C31H25F5N4O4S/c1-31(2)14-43-12-25(31)40-23-8-15(30(41)42)3-5-22(23)38-26(40)9-16-7-20(34)17(10-19(16)33)21-6-4-18(32)29(39-21)44-13-27-37-11-24(45-27)28(35)36/h3-8,10-11,25,28H,9,12-14H2,1-2H3,(H,41,42)/t25-/m1/s1. The van der Waals surface area contributed by atoms with Crippen molar-refractivity contribution in [2.45, 2.75) is 39.3 Å².